The Morgan fingerprint density at radius 1 is 1.52 bits per heavy atom. The highest BCUT2D eigenvalue weighted by Crippen LogP contribution is 2.44. The molecule has 2 N–H and O–H groups in total. The van der Waals surface area contributed by atoms with Crippen LogP contribution >= 0.6 is 23.4 Å². The standard InChI is InChI=1S/C16H22ClNO2S/c1-19-14-8-12(17)2-3-13(14)15(18)11-4-6-20-16(9-11)5-7-21-10-16/h2-3,8,11,15H,4-7,9-10,18H2,1H3. The van der Waals surface area contributed by atoms with Gasteiger partial charge >= 0.3 is 0 Å². The maximum atomic E-state index is 6.56. The third kappa shape index (κ3) is 3.19. The number of hydrogen-bond donors (Lipinski definition) is 1. The van der Waals surface area contributed by atoms with Gasteiger partial charge in [0.25, 0.3) is 0 Å². The molecule has 3 unspecified atom stereocenters. The topological polar surface area (TPSA) is 44.5 Å². The van der Waals surface area contributed by atoms with Crippen molar-refractivity contribution >= 4 is 23.4 Å². The highest BCUT2D eigenvalue weighted by Gasteiger charge is 2.42. The Kier molecular flexibility index (Phi) is 4.69. The third-order valence-electron chi connectivity index (χ3n) is 4.66. The van der Waals surface area contributed by atoms with E-state index in [1.807, 2.05) is 30.0 Å². The van der Waals surface area contributed by atoms with Crippen molar-refractivity contribution in [3.8, 4) is 5.75 Å². The van der Waals surface area contributed by atoms with Crippen LogP contribution in [0.2, 0.25) is 5.02 Å². The van der Waals surface area contributed by atoms with Gasteiger partial charge in [-0.25, -0.2) is 0 Å². The molecule has 1 aromatic rings. The van der Waals surface area contributed by atoms with E-state index in [4.69, 9.17) is 26.8 Å². The molecule has 3 nitrogen and oxygen atoms in total. The number of rotatable bonds is 3. The Morgan fingerprint density at radius 3 is 3.10 bits per heavy atom. The van der Waals surface area contributed by atoms with E-state index in [0.29, 0.717) is 10.9 Å². The van der Waals surface area contributed by atoms with Crippen molar-refractivity contribution in [2.45, 2.75) is 30.9 Å². The van der Waals surface area contributed by atoms with Gasteiger partial charge in [0.15, 0.2) is 0 Å². The molecular formula is C16H22ClNO2S. The maximum absolute atomic E-state index is 6.56. The zero-order valence-electron chi connectivity index (χ0n) is 12.3. The van der Waals surface area contributed by atoms with E-state index < -0.39 is 0 Å². The van der Waals surface area contributed by atoms with Gasteiger partial charge in [0.05, 0.1) is 12.7 Å². The van der Waals surface area contributed by atoms with Crippen molar-refractivity contribution in [3.05, 3.63) is 28.8 Å². The number of methoxy groups -OCH3 is 1. The highest BCUT2D eigenvalue weighted by molar-refractivity contribution is 7.99. The normalized spacial score (nSPS) is 30.5. The van der Waals surface area contributed by atoms with Crippen LogP contribution in [0.5, 0.6) is 5.75 Å². The first kappa shape index (κ1) is 15.5. The van der Waals surface area contributed by atoms with Crippen molar-refractivity contribution in [2.75, 3.05) is 25.2 Å². The van der Waals surface area contributed by atoms with Crippen LogP contribution in [0.1, 0.15) is 30.9 Å². The second-order valence-corrected chi connectivity index (χ2v) is 7.54. The van der Waals surface area contributed by atoms with Gasteiger partial charge in [-0.2, -0.15) is 11.8 Å². The number of hydrogen-bond acceptors (Lipinski definition) is 4. The minimum absolute atomic E-state index is 0.0245. The van der Waals surface area contributed by atoms with Crippen LogP contribution in [0.25, 0.3) is 0 Å². The summed E-state index contributed by atoms with van der Waals surface area (Å²) in [6.45, 7) is 0.814. The molecule has 116 valence electrons. The van der Waals surface area contributed by atoms with Crippen LogP contribution in [0.3, 0.4) is 0 Å². The summed E-state index contributed by atoms with van der Waals surface area (Å²) in [6.07, 6.45) is 3.21. The molecule has 2 aliphatic rings. The van der Waals surface area contributed by atoms with Crippen LogP contribution in [0.4, 0.5) is 0 Å². The number of benzene rings is 1. The van der Waals surface area contributed by atoms with Crippen molar-refractivity contribution in [3.63, 3.8) is 0 Å². The van der Waals surface area contributed by atoms with Gasteiger partial charge in [0, 0.05) is 29.0 Å². The molecule has 2 saturated heterocycles. The van der Waals surface area contributed by atoms with Gasteiger partial charge in [-0.05, 0) is 43.1 Å². The lowest BCUT2D eigenvalue weighted by Gasteiger charge is -2.40. The van der Waals surface area contributed by atoms with Gasteiger partial charge in [0.1, 0.15) is 5.75 Å². The average molecular weight is 328 g/mol. The molecule has 21 heavy (non-hydrogen) atoms. The van der Waals surface area contributed by atoms with Gasteiger partial charge in [-0.3, -0.25) is 0 Å². The molecule has 0 radical (unpaired) electrons. The Morgan fingerprint density at radius 2 is 2.38 bits per heavy atom. The minimum Gasteiger partial charge on any atom is -0.496 e. The molecule has 0 amide bonds. The van der Waals surface area contributed by atoms with Crippen LogP contribution in [0, 0.1) is 5.92 Å². The van der Waals surface area contributed by atoms with Crippen LogP contribution in [-0.2, 0) is 4.74 Å². The molecule has 1 aromatic carbocycles. The fourth-order valence-electron chi connectivity index (χ4n) is 3.45. The molecule has 0 saturated carbocycles. The van der Waals surface area contributed by atoms with Crippen LogP contribution in [-0.4, -0.2) is 30.8 Å². The second kappa shape index (κ2) is 6.37. The molecule has 0 aliphatic carbocycles. The summed E-state index contributed by atoms with van der Waals surface area (Å²) in [5.41, 5.74) is 7.67. The van der Waals surface area contributed by atoms with Crippen molar-refractivity contribution in [1.82, 2.24) is 0 Å². The predicted molar refractivity (Wildman–Crippen MR) is 88.3 cm³/mol. The Labute approximate surface area is 135 Å². The van der Waals surface area contributed by atoms with E-state index in [9.17, 15) is 0 Å². The molecule has 5 heteroatoms. The fourth-order valence-corrected chi connectivity index (χ4v) is 4.99. The zero-order chi connectivity index (χ0) is 14.9. The number of ether oxygens (including phenoxy) is 2. The van der Waals surface area contributed by atoms with E-state index in [2.05, 4.69) is 0 Å². The van der Waals surface area contributed by atoms with E-state index in [-0.39, 0.29) is 11.6 Å². The number of halogens is 1. The van der Waals surface area contributed by atoms with E-state index in [1.165, 1.54) is 5.75 Å². The Hall–Kier alpha value is -0.420. The highest BCUT2D eigenvalue weighted by atomic mass is 35.5. The number of thioether (sulfide) groups is 1. The predicted octanol–water partition coefficient (Wildman–Crippen LogP) is 3.65. The first-order valence-electron chi connectivity index (χ1n) is 7.44. The molecule has 2 aliphatic heterocycles. The lowest BCUT2D eigenvalue weighted by Crippen LogP contribution is -2.42. The zero-order valence-corrected chi connectivity index (χ0v) is 13.9. The van der Waals surface area contributed by atoms with E-state index in [1.54, 1.807) is 7.11 Å². The summed E-state index contributed by atoms with van der Waals surface area (Å²) < 4.78 is 11.5. The maximum Gasteiger partial charge on any atom is 0.125 e. The summed E-state index contributed by atoms with van der Waals surface area (Å²) in [6, 6.07) is 5.71. The van der Waals surface area contributed by atoms with Crippen molar-refractivity contribution in [2.24, 2.45) is 11.7 Å². The van der Waals surface area contributed by atoms with Gasteiger partial charge < -0.3 is 15.2 Å². The lowest BCUT2D eigenvalue weighted by atomic mass is 9.79. The number of nitrogens with two attached hydrogens (primary N) is 1. The first-order valence-corrected chi connectivity index (χ1v) is 8.97. The average Bonchev–Trinajstić information content (AvgIpc) is 2.94. The van der Waals surface area contributed by atoms with E-state index >= 15 is 0 Å². The van der Waals surface area contributed by atoms with Crippen molar-refractivity contribution < 1.29 is 9.47 Å². The molecule has 3 atom stereocenters. The largest absolute Gasteiger partial charge is 0.496 e. The molecule has 2 fully saturated rings. The first-order chi connectivity index (χ1) is 10.1. The molecular weight excluding hydrogens is 306 g/mol. The summed E-state index contributed by atoms with van der Waals surface area (Å²) in [4.78, 5) is 0. The molecule has 0 aromatic heterocycles. The summed E-state index contributed by atoms with van der Waals surface area (Å²) in [5, 5.41) is 0.679. The summed E-state index contributed by atoms with van der Waals surface area (Å²) >= 11 is 8.03. The SMILES string of the molecule is COc1cc(Cl)ccc1C(N)C1CCOC2(CCSC2)C1. The fraction of sp³-hybridized carbons (Fsp3) is 0.625. The minimum atomic E-state index is -0.0245. The van der Waals surface area contributed by atoms with Crippen molar-refractivity contribution in [1.29, 1.82) is 0 Å². The molecule has 3 rings (SSSR count). The molecule has 2 heterocycles. The second-order valence-electron chi connectivity index (χ2n) is 6.00. The summed E-state index contributed by atoms with van der Waals surface area (Å²) in [5.74, 6) is 3.53. The Bertz CT molecular complexity index is 505. The molecule has 0 bridgehead atoms. The van der Waals surface area contributed by atoms with Crippen LogP contribution < -0.4 is 10.5 Å². The third-order valence-corrected chi connectivity index (χ3v) is 6.12. The van der Waals surface area contributed by atoms with Gasteiger partial charge in [-0.15, -0.1) is 0 Å². The Balaban J connectivity index is 1.79. The van der Waals surface area contributed by atoms with Gasteiger partial charge in [-0.1, -0.05) is 17.7 Å². The molecule has 1 spiro atoms. The summed E-state index contributed by atoms with van der Waals surface area (Å²) in [7, 11) is 1.67. The smallest absolute Gasteiger partial charge is 0.125 e. The quantitative estimate of drug-likeness (QED) is 0.920. The monoisotopic (exact) mass is 327 g/mol. The lowest BCUT2D eigenvalue weighted by molar-refractivity contribution is -0.0835. The van der Waals surface area contributed by atoms with E-state index in [0.717, 1.165) is 42.9 Å². The van der Waals surface area contributed by atoms with Gasteiger partial charge in [0.2, 0.25) is 0 Å². The van der Waals surface area contributed by atoms with Crippen LogP contribution in [0.15, 0.2) is 18.2 Å².